The third kappa shape index (κ3) is 4.26. The van der Waals surface area contributed by atoms with E-state index in [1.54, 1.807) is 0 Å². The van der Waals surface area contributed by atoms with E-state index in [0.29, 0.717) is 11.3 Å². The summed E-state index contributed by atoms with van der Waals surface area (Å²) in [4.78, 5) is 9.41. The average Bonchev–Trinajstić information content (AvgIpc) is 3.22. The van der Waals surface area contributed by atoms with Crippen molar-refractivity contribution in [3.8, 4) is 0 Å². The molecule has 5 nitrogen and oxygen atoms in total. The number of aromatic nitrogens is 1. The maximum absolute atomic E-state index is 5.77. The monoisotopic (exact) mass is 369 g/mol. The molecule has 1 spiro atoms. The molecule has 0 radical (unpaired) electrons. The van der Waals surface area contributed by atoms with Crippen molar-refractivity contribution in [2.24, 2.45) is 11.3 Å². The fraction of sp³-hybridized carbons (Fsp3) is 0.591. The summed E-state index contributed by atoms with van der Waals surface area (Å²) in [6.45, 7) is 9.37. The van der Waals surface area contributed by atoms with Crippen LogP contribution in [-0.4, -0.2) is 54.7 Å². The third-order valence-corrected chi connectivity index (χ3v) is 6.41. The molecule has 4 heterocycles. The van der Waals surface area contributed by atoms with Gasteiger partial charge in [0.2, 0.25) is 0 Å². The lowest BCUT2D eigenvalue weighted by molar-refractivity contribution is 0.0331. The molecule has 0 saturated carbocycles. The van der Waals surface area contributed by atoms with E-state index in [0.717, 1.165) is 50.9 Å². The number of hydrogen-bond acceptors (Lipinski definition) is 5. The van der Waals surface area contributed by atoms with Crippen molar-refractivity contribution in [3.63, 3.8) is 0 Å². The number of piperidine rings is 1. The minimum Gasteiger partial charge on any atom is -0.465 e. The summed E-state index contributed by atoms with van der Waals surface area (Å²) in [5.74, 6) is 2.70. The van der Waals surface area contributed by atoms with Gasteiger partial charge in [-0.15, -0.1) is 0 Å². The van der Waals surface area contributed by atoms with E-state index in [-0.39, 0.29) is 0 Å². The summed E-state index contributed by atoms with van der Waals surface area (Å²) in [6.07, 6.45) is 6.32. The van der Waals surface area contributed by atoms with Crippen LogP contribution in [0.2, 0.25) is 0 Å². The summed E-state index contributed by atoms with van der Waals surface area (Å²) in [6, 6.07) is 8.38. The lowest BCUT2D eigenvalue weighted by Gasteiger charge is -2.42. The van der Waals surface area contributed by atoms with E-state index in [1.165, 1.54) is 24.9 Å². The van der Waals surface area contributed by atoms with Gasteiger partial charge in [0, 0.05) is 45.1 Å². The van der Waals surface area contributed by atoms with Crippen LogP contribution in [0.4, 0.5) is 0 Å². The highest BCUT2D eigenvalue weighted by molar-refractivity contribution is 5.10. The quantitative estimate of drug-likeness (QED) is 0.781. The summed E-state index contributed by atoms with van der Waals surface area (Å²) in [5, 5.41) is 0. The van der Waals surface area contributed by atoms with Gasteiger partial charge in [0.25, 0.3) is 0 Å². The molecule has 2 saturated heterocycles. The number of aryl methyl sites for hydroxylation is 1. The summed E-state index contributed by atoms with van der Waals surface area (Å²) in [7, 11) is 1.84. The van der Waals surface area contributed by atoms with Crippen molar-refractivity contribution < 1.29 is 9.15 Å². The molecule has 4 rings (SSSR count). The highest BCUT2D eigenvalue weighted by Gasteiger charge is 2.47. The van der Waals surface area contributed by atoms with Gasteiger partial charge in [-0.05, 0) is 62.0 Å². The van der Waals surface area contributed by atoms with Crippen LogP contribution in [0.1, 0.15) is 29.9 Å². The average molecular weight is 370 g/mol. The molecule has 2 aliphatic heterocycles. The first kappa shape index (κ1) is 18.7. The zero-order chi connectivity index (χ0) is 18.7. The predicted octanol–water partition coefficient (Wildman–Crippen LogP) is 3.34. The number of nitrogens with zero attached hydrogens (tertiary/aromatic N) is 3. The van der Waals surface area contributed by atoms with E-state index in [2.05, 4.69) is 33.0 Å². The number of rotatable bonds is 6. The molecule has 1 atom stereocenters. The van der Waals surface area contributed by atoms with Crippen molar-refractivity contribution in [3.05, 3.63) is 53.7 Å². The molecule has 0 N–H and O–H groups in total. The Labute approximate surface area is 162 Å². The number of furan rings is 1. The molecule has 0 aliphatic carbocycles. The number of methoxy groups -OCH3 is 1. The van der Waals surface area contributed by atoms with Crippen LogP contribution in [0.3, 0.4) is 0 Å². The second kappa shape index (κ2) is 8.13. The number of pyridine rings is 1. The summed E-state index contributed by atoms with van der Waals surface area (Å²) in [5.41, 5.74) is 1.68. The number of likely N-dealkylation sites (tertiary alicyclic amines) is 2. The maximum Gasteiger partial charge on any atom is 0.118 e. The van der Waals surface area contributed by atoms with Crippen LogP contribution < -0.4 is 0 Å². The maximum atomic E-state index is 5.77. The fourth-order valence-electron chi connectivity index (χ4n) is 4.96. The van der Waals surface area contributed by atoms with E-state index >= 15 is 0 Å². The molecule has 146 valence electrons. The molecule has 0 aromatic carbocycles. The van der Waals surface area contributed by atoms with E-state index < -0.39 is 0 Å². The molecule has 2 aromatic heterocycles. The molecular weight excluding hydrogens is 338 g/mol. The van der Waals surface area contributed by atoms with Crippen molar-refractivity contribution in [2.45, 2.75) is 32.9 Å². The van der Waals surface area contributed by atoms with Gasteiger partial charge in [-0.2, -0.15) is 0 Å². The molecule has 2 fully saturated rings. The van der Waals surface area contributed by atoms with E-state index in [9.17, 15) is 0 Å². The Morgan fingerprint density at radius 3 is 2.70 bits per heavy atom. The third-order valence-electron chi connectivity index (χ3n) is 6.41. The van der Waals surface area contributed by atoms with Gasteiger partial charge in [0.1, 0.15) is 11.5 Å². The normalized spacial score (nSPS) is 23.3. The molecule has 0 amide bonds. The Morgan fingerprint density at radius 2 is 2.04 bits per heavy atom. The summed E-state index contributed by atoms with van der Waals surface area (Å²) >= 11 is 0. The molecule has 5 heteroatoms. The lowest BCUT2D eigenvalue weighted by atomic mass is 9.71. The smallest absolute Gasteiger partial charge is 0.118 e. The zero-order valence-electron chi connectivity index (χ0n) is 16.6. The minimum atomic E-state index is 0.383. The van der Waals surface area contributed by atoms with Crippen LogP contribution in [0.5, 0.6) is 0 Å². The first-order valence-electron chi connectivity index (χ1n) is 10.0. The SMILES string of the molecule is COC[C@@H]1CN(Cc2cccnc2)CC12CCN(Cc1ccc(C)o1)CC2. The van der Waals surface area contributed by atoms with Gasteiger partial charge >= 0.3 is 0 Å². The Bertz CT molecular complexity index is 722. The number of ether oxygens (including phenoxy) is 1. The molecule has 2 aliphatic rings. The second-order valence-electron chi connectivity index (χ2n) is 8.33. The topological polar surface area (TPSA) is 41.7 Å². The van der Waals surface area contributed by atoms with Crippen LogP contribution in [0, 0.1) is 18.3 Å². The van der Waals surface area contributed by atoms with E-state index in [4.69, 9.17) is 9.15 Å². The molecule has 0 unspecified atom stereocenters. The van der Waals surface area contributed by atoms with Crippen LogP contribution >= 0.6 is 0 Å². The molecule has 2 aromatic rings. The molecular formula is C22H31N3O2. The van der Waals surface area contributed by atoms with Crippen LogP contribution in [0.25, 0.3) is 0 Å². The minimum absolute atomic E-state index is 0.383. The Morgan fingerprint density at radius 1 is 1.19 bits per heavy atom. The van der Waals surface area contributed by atoms with Crippen LogP contribution in [0.15, 0.2) is 41.1 Å². The predicted molar refractivity (Wildman–Crippen MR) is 105 cm³/mol. The van der Waals surface area contributed by atoms with Crippen molar-refractivity contribution in [1.82, 2.24) is 14.8 Å². The first-order valence-corrected chi connectivity index (χ1v) is 10.0. The van der Waals surface area contributed by atoms with Crippen molar-refractivity contribution >= 4 is 0 Å². The molecule has 0 bridgehead atoms. The van der Waals surface area contributed by atoms with Crippen molar-refractivity contribution in [2.75, 3.05) is 39.9 Å². The Balaban J connectivity index is 1.38. The van der Waals surface area contributed by atoms with Gasteiger partial charge in [0.15, 0.2) is 0 Å². The zero-order valence-corrected chi connectivity index (χ0v) is 16.6. The van der Waals surface area contributed by atoms with Gasteiger partial charge in [-0.25, -0.2) is 0 Å². The van der Waals surface area contributed by atoms with Gasteiger partial charge in [0.05, 0.1) is 13.2 Å². The highest BCUT2D eigenvalue weighted by atomic mass is 16.5. The van der Waals surface area contributed by atoms with Gasteiger partial charge in [-0.1, -0.05) is 6.07 Å². The van der Waals surface area contributed by atoms with Gasteiger partial charge in [-0.3, -0.25) is 14.8 Å². The first-order chi connectivity index (χ1) is 13.2. The summed E-state index contributed by atoms with van der Waals surface area (Å²) < 4.78 is 11.4. The van der Waals surface area contributed by atoms with E-state index in [1.807, 2.05) is 32.5 Å². The molecule has 27 heavy (non-hydrogen) atoms. The Kier molecular flexibility index (Phi) is 5.62. The Hall–Kier alpha value is -1.69. The number of hydrogen-bond donors (Lipinski definition) is 0. The standard InChI is InChI=1S/C22H31N3O2/c1-18-5-6-21(27-18)15-24-10-7-22(8-11-24)17-25(14-20(22)16-26-2)13-19-4-3-9-23-12-19/h3-6,9,12,20H,7-8,10-11,13-17H2,1-2H3/t20-/m0/s1. The van der Waals surface area contributed by atoms with Crippen LogP contribution in [-0.2, 0) is 17.8 Å². The van der Waals surface area contributed by atoms with Gasteiger partial charge < -0.3 is 9.15 Å². The highest BCUT2D eigenvalue weighted by Crippen LogP contribution is 2.45. The lowest BCUT2D eigenvalue weighted by Crippen LogP contribution is -2.44. The largest absolute Gasteiger partial charge is 0.465 e. The van der Waals surface area contributed by atoms with Crippen molar-refractivity contribution in [1.29, 1.82) is 0 Å². The fourth-order valence-corrected chi connectivity index (χ4v) is 4.96. The second-order valence-corrected chi connectivity index (χ2v) is 8.33.